The maximum absolute atomic E-state index is 10.2. The molecule has 0 spiro atoms. The number of ether oxygens (including phenoxy) is 1. The minimum atomic E-state index is -0.732. The van der Waals surface area contributed by atoms with Crippen molar-refractivity contribution in [2.75, 3.05) is 7.11 Å². The molecule has 0 aliphatic carbocycles. The zero-order valence-corrected chi connectivity index (χ0v) is 10.00. The standard InChI is InChI=1S/C15H13NO2/c1-18-14-7-5-12(6-8-14)15(17)13-4-2-3-11(9-13)10-16/h2-9,15,17H,1H3/t15-/m1/s1. The predicted molar refractivity (Wildman–Crippen MR) is 68.2 cm³/mol. The molecule has 90 valence electrons. The number of hydrogen-bond donors (Lipinski definition) is 1. The molecule has 0 fully saturated rings. The van der Waals surface area contributed by atoms with Crippen LogP contribution >= 0.6 is 0 Å². The van der Waals surface area contributed by atoms with Crippen molar-refractivity contribution in [3.05, 3.63) is 65.2 Å². The highest BCUT2D eigenvalue weighted by molar-refractivity contribution is 5.38. The Hall–Kier alpha value is -2.31. The average Bonchev–Trinajstić information content (AvgIpc) is 2.46. The second kappa shape index (κ2) is 5.35. The highest BCUT2D eigenvalue weighted by atomic mass is 16.5. The van der Waals surface area contributed by atoms with E-state index in [-0.39, 0.29) is 0 Å². The number of nitrogens with zero attached hydrogens (tertiary/aromatic N) is 1. The van der Waals surface area contributed by atoms with Crippen molar-refractivity contribution < 1.29 is 9.84 Å². The Balaban J connectivity index is 2.29. The lowest BCUT2D eigenvalue weighted by molar-refractivity contribution is 0.220. The van der Waals surface area contributed by atoms with Crippen molar-refractivity contribution in [3.63, 3.8) is 0 Å². The van der Waals surface area contributed by atoms with Gasteiger partial charge in [0.05, 0.1) is 18.7 Å². The third kappa shape index (κ3) is 2.50. The summed E-state index contributed by atoms with van der Waals surface area (Å²) < 4.78 is 5.07. The summed E-state index contributed by atoms with van der Waals surface area (Å²) in [5.41, 5.74) is 2.02. The first-order valence-corrected chi connectivity index (χ1v) is 5.56. The van der Waals surface area contributed by atoms with Crippen molar-refractivity contribution >= 4 is 0 Å². The molecule has 0 aliphatic rings. The zero-order valence-electron chi connectivity index (χ0n) is 10.00. The molecule has 3 heteroatoms. The Kier molecular flexibility index (Phi) is 3.61. The molecule has 0 aromatic heterocycles. The Morgan fingerprint density at radius 3 is 2.44 bits per heavy atom. The number of rotatable bonds is 3. The first kappa shape index (κ1) is 12.2. The van der Waals surface area contributed by atoms with E-state index in [1.165, 1.54) is 0 Å². The predicted octanol–water partition coefficient (Wildman–Crippen LogP) is 2.65. The summed E-state index contributed by atoms with van der Waals surface area (Å²) in [6.07, 6.45) is -0.732. The fourth-order valence-corrected chi connectivity index (χ4v) is 1.76. The molecule has 1 N–H and O–H groups in total. The van der Waals surface area contributed by atoms with Gasteiger partial charge in [0.15, 0.2) is 0 Å². The molecule has 0 amide bonds. The van der Waals surface area contributed by atoms with E-state index in [9.17, 15) is 5.11 Å². The summed E-state index contributed by atoms with van der Waals surface area (Å²) in [4.78, 5) is 0. The topological polar surface area (TPSA) is 53.2 Å². The maximum Gasteiger partial charge on any atom is 0.118 e. The highest BCUT2D eigenvalue weighted by Gasteiger charge is 2.10. The Morgan fingerprint density at radius 1 is 1.11 bits per heavy atom. The normalized spacial score (nSPS) is 11.6. The number of hydrogen-bond acceptors (Lipinski definition) is 3. The molecule has 2 aromatic rings. The van der Waals surface area contributed by atoms with Gasteiger partial charge in [0.25, 0.3) is 0 Å². The SMILES string of the molecule is COc1ccc([C@@H](O)c2cccc(C#N)c2)cc1. The van der Waals surface area contributed by atoms with Crippen molar-refractivity contribution in [2.24, 2.45) is 0 Å². The Labute approximate surface area is 106 Å². The number of nitriles is 1. The minimum Gasteiger partial charge on any atom is -0.497 e. The quantitative estimate of drug-likeness (QED) is 0.895. The largest absolute Gasteiger partial charge is 0.497 e. The van der Waals surface area contributed by atoms with E-state index >= 15 is 0 Å². The maximum atomic E-state index is 10.2. The van der Waals surface area contributed by atoms with Crippen LogP contribution in [0.2, 0.25) is 0 Å². The molecule has 3 nitrogen and oxygen atoms in total. The summed E-state index contributed by atoms with van der Waals surface area (Å²) in [5, 5.41) is 19.1. The number of aliphatic hydroxyl groups is 1. The van der Waals surface area contributed by atoms with Crippen LogP contribution in [0.25, 0.3) is 0 Å². The first-order valence-electron chi connectivity index (χ1n) is 5.56. The minimum absolute atomic E-state index is 0.542. The number of benzene rings is 2. The van der Waals surface area contributed by atoms with Crippen LogP contribution in [0.3, 0.4) is 0 Å². The van der Waals surface area contributed by atoms with Crippen molar-refractivity contribution in [3.8, 4) is 11.8 Å². The van der Waals surface area contributed by atoms with E-state index in [1.54, 1.807) is 43.5 Å². The van der Waals surface area contributed by atoms with Gasteiger partial charge in [-0.05, 0) is 35.4 Å². The molecule has 0 aliphatic heterocycles. The molecule has 0 bridgehead atoms. The van der Waals surface area contributed by atoms with Crippen molar-refractivity contribution in [1.82, 2.24) is 0 Å². The molecule has 0 heterocycles. The van der Waals surface area contributed by atoms with E-state index < -0.39 is 6.10 Å². The van der Waals surface area contributed by atoms with Gasteiger partial charge in [-0.15, -0.1) is 0 Å². The van der Waals surface area contributed by atoms with Crippen LogP contribution in [0.1, 0.15) is 22.8 Å². The Bertz CT molecular complexity index is 570. The van der Waals surface area contributed by atoms with E-state index in [1.807, 2.05) is 12.1 Å². The van der Waals surface area contributed by atoms with Gasteiger partial charge in [-0.3, -0.25) is 0 Å². The van der Waals surface area contributed by atoms with Crippen molar-refractivity contribution in [2.45, 2.75) is 6.10 Å². The Morgan fingerprint density at radius 2 is 1.83 bits per heavy atom. The third-order valence-electron chi connectivity index (χ3n) is 2.76. The van der Waals surface area contributed by atoms with Gasteiger partial charge >= 0.3 is 0 Å². The average molecular weight is 239 g/mol. The lowest BCUT2D eigenvalue weighted by Gasteiger charge is -2.12. The van der Waals surface area contributed by atoms with Crippen LogP contribution < -0.4 is 4.74 Å². The smallest absolute Gasteiger partial charge is 0.118 e. The summed E-state index contributed by atoms with van der Waals surface area (Å²) in [6, 6.07) is 16.2. The molecular formula is C15H13NO2. The van der Waals surface area contributed by atoms with E-state index in [2.05, 4.69) is 6.07 Å². The van der Waals surface area contributed by atoms with Crippen LogP contribution in [-0.2, 0) is 0 Å². The van der Waals surface area contributed by atoms with E-state index in [0.717, 1.165) is 11.3 Å². The van der Waals surface area contributed by atoms with Gasteiger partial charge in [-0.25, -0.2) is 0 Å². The number of methoxy groups -OCH3 is 1. The molecule has 0 saturated carbocycles. The fraction of sp³-hybridized carbons (Fsp3) is 0.133. The second-order valence-electron chi connectivity index (χ2n) is 3.91. The molecule has 2 aromatic carbocycles. The monoisotopic (exact) mass is 239 g/mol. The summed E-state index contributed by atoms with van der Waals surface area (Å²) in [6.45, 7) is 0. The van der Waals surface area contributed by atoms with Gasteiger partial charge in [0.1, 0.15) is 11.9 Å². The van der Waals surface area contributed by atoms with E-state index in [0.29, 0.717) is 11.1 Å². The van der Waals surface area contributed by atoms with Crippen molar-refractivity contribution in [1.29, 1.82) is 5.26 Å². The molecule has 2 rings (SSSR count). The van der Waals surface area contributed by atoms with Crippen LogP contribution in [0.15, 0.2) is 48.5 Å². The molecule has 1 atom stereocenters. The highest BCUT2D eigenvalue weighted by Crippen LogP contribution is 2.24. The van der Waals surface area contributed by atoms with E-state index in [4.69, 9.17) is 10.00 Å². The van der Waals surface area contributed by atoms with Gasteiger partial charge in [0.2, 0.25) is 0 Å². The first-order chi connectivity index (χ1) is 8.74. The molecule has 0 saturated heterocycles. The molecule has 18 heavy (non-hydrogen) atoms. The van der Waals surface area contributed by atoms with Crippen LogP contribution in [-0.4, -0.2) is 12.2 Å². The van der Waals surface area contributed by atoms with Gasteiger partial charge in [0, 0.05) is 0 Å². The lowest BCUT2D eigenvalue weighted by Crippen LogP contribution is -1.99. The zero-order chi connectivity index (χ0) is 13.0. The molecule has 0 unspecified atom stereocenters. The van der Waals surface area contributed by atoms with Crippen LogP contribution in [0.4, 0.5) is 0 Å². The fourth-order valence-electron chi connectivity index (χ4n) is 1.76. The van der Waals surface area contributed by atoms with Crippen LogP contribution in [0.5, 0.6) is 5.75 Å². The lowest BCUT2D eigenvalue weighted by atomic mass is 10.00. The molecule has 0 radical (unpaired) electrons. The third-order valence-corrected chi connectivity index (χ3v) is 2.76. The van der Waals surface area contributed by atoms with Gasteiger partial charge in [-0.1, -0.05) is 24.3 Å². The number of aliphatic hydroxyl groups excluding tert-OH is 1. The summed E-state index contributed by atoms with van der Waals surface area (Å²) in [7, 11) is 1.60. The van der Waals surface area contributed by atoms with Crippen LogP contribution in [0, 0.1) is 11.3 Å². The van der Waals surface area contributed by atoms with Gasteiger partial charge in [-0.2, -0.15) is 5.26 Å². The second-order valence-corrected chi connectivity index (χ2v) is 3.91. The summed E-state index contributed by atoms with van der Waals surface area (Å²) >= 11 is 0. The summed E-state index contributed by atoms with van der Waals surface area (Å²) in [5.74, 6) is 0.747. The molecular weight excluding hydrogens is 226 g/mol. The van der Waals surface area contributed by atoms with Gasteiger partial charge < -0.3 is 9.84 Å².